The molecule has 0 unspecified atom stereocenters. The Morgan fingerprint density at radius 3 is 2.38 bits per heavy atom. The highest BCUT2D eigenvalue weighted by atomic mass is 15.0. The third-order valence-electron chi connectivity index (χ3n) is 2.23. The molecule has 2 aromatic rings. The predicted octanol–water partition coefficient (Wildman–Crippen LogP) is 2.49. The Hall–Kier alpha value is -1.57. The molecule has 0 aliphatic rings. The molecule has 2 aromatic heterocycles. The van der Waals surface area contributed by atoms with Crippen molar-refractivity contribution in [2.24, 2.45) is 0 Å². The molecule has 0 amide bonds. The van der Waals surface area contributed by atoms with E-state index in [1.54, 1.807) is 6.20 Å². The molecule has 0 saturated carbocycles. The van der Waals surface area contributed by atoms with Crippen molar-refractivity contribution in [2.45, 2.75) is 13.8 Å². The summed E-state index contributed by atoms with van der Waals surface area (Å²) in [5, 5.41) is 0. The third-order valence-corrected chi connectivity index (χ3v) is 2.23. The summed E-state index contributed by atoms with van der Waals surface area (Å²) in [7, 11) is 0. The van der Waals surface area contributed by atoms with Crippen molar-refractivity contribution in [3.8, 4) is 5.69 Å². The fourth-order valence-corrected chi connectivity index (χ4v) is 1.31. The van der Waals surface area contributed by atoms with Crippen LogP contribution in [0.2, 0.25) is 0 Å². The van der Waals surface area contributed by atoms with Gasteiger partial charge in [0.2, 0.25) is 0 Å². The van der Waals surface area contributed by atoms with E-state index in [1.807, 2.05) is 18.3 Å². The van der Waals surface area contributed by atoms with Gasteiger partial charge in [0.05, 0.1) is 11.9 Å². The highest BCUT2D eigenvalue weighted by molar-refractivity contribution is 5.33. The van der Waals surface area contributed by atoms with Crippen LogP contribution in [0.3, 0.4) is 0 Å². The quantitative estimate of drug-likeness (QED) is 0.646. The number of rotatable bonds is 1. The summed E-state index contributed by atoms with van der Waals surface area (Å²) in [4.78, 5) is 4.08. The van der Waals surface area contributed by atoms with E-state index in [9.17, 15) is 0 Å². The number of aryl methyl sites for hydroxylation is 2. The zero-order chi connectivity index (χ0) is 9.26. The van der Waals surface area contributed by atoms with E-state index in [2.05, 4.69) is 35.8 Å². The second-order valence-electron chi connectivity index (χ2n) is 3.24. The Morgan fingerprint density at radius 1 is 1.15 bits per heavy atom. The van der Waals surface area contributed by atoms with E-state index < -0.39 is 0 Å². The summed E-state index contributed by atoms with van der Waals surface area (Å²) in [5.41, 5.74) is 3.73. The molecule has 0 radical (unpaired) electrons. The molecule has 66 valence electrons. The molecule has 0 fully saturated rings. The predicted molar refractivity (Wildman–Crippen MR) is 53.0 cm³/mol. The van der Waals surface area contributed by atoms with Crippen LogP contribution in [-0.4, -0.2) is 9.55 Å². The monoisotopic (exact) mass is 172 g/mol. The van der Waals surface area contributed by atoms with Crippen molar-refractivity contribution < 1.29 is 0 Å². The molecule has 0 saturated heterocycles. The fourth-order valence-electron chi connectivity index (χ4n) is 1.31. The minimum atomic E-state index is 1.11. The fraction of sp³-hybridized carbons (Fsp3) is 0.182. The molecule has 0 aromatic carbocycles. The Labute approximate surface area is 77.9 Å². The normalized spacial score (nSPS) is 10.3. The summed E-state index contributed by atoms with van der Waals surface area (Å²) >= 11 is 0. The van der Waals surface area contributed by atoms with Gasteiger partial charge in [-0.15, -0.1) is 0 Å². The lowest BCUT2D eigenvalue weighted by Crippen LogP contribution is -1.89. The zero-order valence-electron chi connectivity index (χ0n) is 7.86. The second kappa shape index (κ2) is 3.05. The van der Waals surface area contributed by atoms with Crippen LogP contribution in [0, 0.1) is 13.8 Å². The molecule has 0 bridgehead atoms. The number of hydrogen-bond acceptors (Lipinski definition) is 1. The average molecular weight is 172 g/mol. The molecule has 2 nitrogen and oxygen atoms in total. The molecular weight excluding hydrogens is 160 g/mol. The average Bonchev–Trinajstić information content (AvgIpc) is 2.49. The molecule has 0 spiro atoms. The van der Waals surface area contributed by atoms with Crippen molar-refractivity contribution in [3.05, 3.63) is 48.0 Å². The maximum atomic E-state index is 4.08. The molecule has 2 rings (SSSR count). The van der Waals surface area contributed by atoms with Gasteiger partial charge in [-0.05, 0) is 37.1 Å². The Bertz CT molecular complexity index is 382. The minimum Gasteiger partial charge on any atom is -0.322 e. The Kier molecular flexibility index (Phi) is 1.89. The third kappa shape index (κ3) is 1.47. The molecular formula is C11H12N2. The van der Waals surface area contributed by atoms with Gasteiger partial charge in [0.1, 0.15) is 0 Å². The summed E-state index contributed by atoms with van der Waals surface area (Å²) < 4.78 is 2.09. The first kappa shape index (κ1) is 8.05. The molecule has 13 heavy (non-hydrogen) atoms. The minimum absolute atomic E-state index is 1.11. The number of pyridine rings is 1. The van der Waals surface area contributed by atoms with Crippen molar-refractivity contribution in [1.29, 1.82) is 0 Å². The molecule has 2 heterocycles. The van der Waals surface area contributed by atoms with Crippen LogP contribution in [0.25, 0.3) is 5.69 Å². The van der Waals surface area contributed by atoms with Gasteiger partial charge in [-0.25, -0.2) is 0 Å². The van der Waals surface area contributed by atoms with Crippen LogP contribution >= 0.6 is 0 Å². The van der Waals surface area contributed by atoms with Crippen LogP contribution in [0.5, 0.6) is 0 Å². The van der Waals surface area contributed by atoms with Gasteiger partial charge >= 0.3 is 0 Å². The van der Waals surface area contributed by atoms with Gasteiger partial charge in [-0.2, -0.15) is 0 Å². The molecule has 0 atom stereocenters. The zero-order valence-corrected chi connectivity index (χ0v) is 7.86. The van der Waals surface area contributed by atoms with Crippen molar-refractivity contribution in [3.63, 3.8) is 0 Å². The maximum Gasteiger partial charge on any atom is 0.0633 e. The van der Waals surface area contributed by atoms with Gasteiger partial charge in [0.15, 0.2) is 0 Å². The summed E-state index contributed by atoms with van der Waals surface area (Å²) in [5.74, 6) is 0. The number of aromatic nitrogens is 2. The van der Waals surface area contributed by atoms with E-state index in [0.29, 0.717) is 0 Å². The van der Waals surface area contributed by atoms with E-state index in [1.165, 1.54) is 11.1 Å². The van der Waals surface area contributed by atoms with E-state index in [0.717, 1.165) is 5.69 Å². The first-order chi connectivity index (χ1) is 6.27. The maximum absolute atomic E-state index is 4.08. The van der Waals surface area contributed by atoms with Gasteiger partial charge in [-0.1, -0.05) is 0 Å². The standard InChI is InChI=1S/C11H12N2/c1-9-7-13(8-10(9)2)11-4-3-5-12-6-11/h3-8H,1-2H3. The Balaban J connectivity index is 2.48. The van der Waals surface area contributed by atoms with Crippen LogP contribution in [0.4, 0.5) is 0 Å². The molecule has 0 aliphatic carbocycles. The largest absolute Gasteiger partial charge is 0.322 e. The number of hydrogen-bond donors (Lipinski definition) is 0. The van der Waals surface area contributed by atoms with E-state index >= 15 is 0 Å². The van der Waals surface area contributed by atoms with Crippen molar-refractivity contribution in [1.82, 2.24) is 9.55 Å². The smallest absolute Gasteiger partial charge is 0.0633 e. The lowest BCUT2D eigenvalue weighted by molar-refractivity contribution is 1.05. The first-order valence-electron chi connectivity index (χ1n) is 4.33. The van der Waals surface area contributed by atoms with Crippen LogP contribution in [-0.2, 0) is 0 Å². The highest BCUT2D eigenvalue weighted by Gasteiger charge is 1.98. The van der Waals surface area contributed by atoms with Gasteiger partial charge in [0, 0.05) is 18.6 Å². The van der Waals surface area contributed by atoms with Gasteiger partial charge < -0.3 is 4.57 Å². The van der Waals surface area contributed by atoms with Crippen molar-refractivity contribution in [2.75, 3.05) is 0 Å². The topological polar surface area (TPSA) is 17.8 Å². The highest BCUT2D eigenvalue weighted by Crippen LogP contribution is 2.12. The SMILES string of the molecule is Cc1cn(-c2cccnc2)cc1C. The van der Waals surface area contributed by atoms with Crippen LogP contribution < -0.4 is 0 Å². The molecule has 2 heteroatoms. The summed E-state index contributed by atoms with van der Waals surface area (Å²) in [6.07, 6.45) is 7.88. The molecule has 0 N–H and O–H groups in total. The van der Waals surface area contributed by atoms with Crippen LogP contribution in [0.15, 0.2) is 36.9 Å². The van der Waals surface area contributed by atoms with Gasteiger partial charge in [0.25, 0.3) is 0 Å². The number of nitrogens with zero attached hydrogens (tertiary/aromatic N) is 2. The van der Waals surface area contributed by atoms with E-state index in [-0.39, 0.29) is 0 Å². The van der Waals surface area contributed by atoms with E-state index in [4.69, 9.17) is 0 Å². The first-order valence-corrected chi connectivity index (χ1v) is 4.33. The van der Waals surface area contributed by atoms with Crippen LogP contribution in [0.1, 0.15) is 11.1 Å². The molecule has 0 aliphatic heterocycles. The lowest BCUT2D eigenvalue weighted by Gasteiger charge is -1.99. The summed E-state index contributed by atoms with van der Waals surface area (Å²) in [6.45, 7) is 4.23. The van der Waals surface area contributed by atoms with Crippen molar-refractivity contribution >= 4 is 0 Å². The Morgan fingerprint density at radius 2 is 1.85 bits per heavy atom. The summed E-state index contributed by atoms with van der Waals surface area (Å²) in [6, 6.07) is 3.99. The lowest BCUT2D eigenvalue weighted by atomic mass is 10.2. The van der Waals surface area contributed by atoms with Gasteiger partial charge in [-0.3, -0.25) is 4.98 Å². The second-order valence-corrected chi connectivity index (χ2v) is 3.24.